The molecule has 5 nitrogen and oxygen atoms in total. The first kappa shape index (κ1) is 14.1. The number of nitrogens with one attached hydrogen (secondary N) is 1. The molecule has 6 heteroatoms. The smallest absolute Gasteiger partial charge is 0.250 e. The number of rotatable bonds is 5. The largest absolute Gasteiger partial charge is 0.490 e. The Balaban J connectivity index is 2.00. The first-order chi connectivity index (χ1) is 9.58. The van der Waals surface area contributed by atoms with Gasteiger partial charge < -0.3 is 15.0 Å². The van der Waals surface area contributed by atoms with Gasteiger partial charge >= 0.3 is 0 Å². The van der Waals surface area contributed by atoms with Gasteiger partial charge in [-0.1, -0.05) is 17.7 Å². The molecule has 0 spiro atoms. The molecular weight excluding hydrogens is 278 g/mol. The molecule has 0 aliphatic heterocycles. The highest BCUT2D eigenvalue weighted by molar-refractivity contribution is 6.32. The van der Waals surface area contributed by atoms with E-state index in [1.165, 1.54) is 6.07 Å². The zero-order valence-electron chi connectivity index (χ0n) is 10.7. The number of nitrogens with two attached hydrogens (primary N) is 1. The molecule has 0 aliphatic rings. The average Bonchev–Trinajstić information content (AvgIpc) is 2.42. The maximum Gasteiger partial charge on any atom is 0.250 e. The molecule has 0 radical (unpaired) electrons. The maximum absolute atomic E-state index is 11.5. The Morgan fingerprint density at radius 3 is 2.80 bits per heavy atom. The summed E-state index contributed by atoms with van der Waals surface area (Å²) in [4.78, 5) is 11.5. The number of benzene rings is 1. The first-order valence-electron chi connectivity index (χ1n) is 6.00. The Morgan fingerprint density at radius 2 is 2.15 bits per heavy atom. The molecule has 0 unspecified atom stereocenters. The molecule has 0 fully saturated rings. The van der Waals surface area contributed by atoms with Crippen LogP contribution in [-0.4, -0.2) is 17.0 Å². The van der Waals surface area contributed by atoms with Crippen LogP contribution in [-0.2, 0) is 6.54 Å². The summed E-state index contributed by atoms with van der Waals surface area (Å²) in [5.41, 5.74) is 5.84. The molecule has 2 aromatic rings. The van der Waals surface area contributed by atoms with Crippen molar-refractivity contribution in [2.45, 2.75) is 6.54 Å². The van der Waals surface area contributed by atoms with E-state index in [1.54, 1.807) is 41.1 Å². The number of nitrogens with zero attached hydrogens (tertiary/aromatic N) is 1. The van der Waals surface area contributed by atoms with Crippen molar-refractivity contribution in [2.24, 2.45) is 5.73 Å². The highest BCUT2D eigenvalue weighted by atomic mass is 35.5. The third kappa shape index (κ3) is 3.39. The molecule has 0 amide bonds. The van der Waals surface area contributed by atoms with E-state index in [-0.39, 0.29) is 11.4 Å². The Labute approximate surface area is 121 Å². The van der Waals surface area contributed by atoms with Crippen LogP contribution in [0.5, 0.6) is 5.75 Å². The molecule has 1 aromatic heterocycles. The zero-order valence-corrected chi connectivity index (χ0v) is 11.4. The summed E-state index contributed by atoms with van der Waals surface area (Å²) in [7, 11) is 0. The second-order valence-electron chi connectivity index (χ2n) is 4.14. The van der Waals surface area contributed by atoms with Crippen LogP contribution in [0, 0.1) is 5.41 Å². The second kappa shape index (κ2) is 6.25. The number of pyridine rings is 1. The predicted octanol–water partition coefficient (Wildman–Crippen LogP) is 1.86. The summed E-state index contributed by atoms with van der Waals surface area (Å²) in [6, 6.07) is 9.88. The Morgan fingerprint density at radius 1 is 1.35 bits per heavy atom. The van der Waals surface area contributed by atoms with Crippen molar-refractivity contribution in [2.75, 3.05) is 6.61 Å². The van der Waals surface area contributed by atoms with E-state index in [2.05, 4.69) is 0 Å². The maximum atomic E-state index is 11.5. The molecule has 3 N–H and O–H groups in total. The van der Waals surface area contributed by atoms with Crippen LogP contribution in [0.3, 0.4) is 0 Å². The van der Waals surface area contributed by atoms with Crippen LogP contribution < -0.4 is 16.0 Å². The molecule has 0 atom stereocenters. The van der Waals surface area contributed by atoms with Gasteiger partial charge in [0.1, 0.15) is 18.2 Å². The van der Waals surface area contributed by atoms with E-state index in [0.29, 0.717) is 29.5 Å². The Hall–Kier alpha value is -2.27. The van der Waals surface area contributed by atoms with Crippen LogP contribution in [0.1, 0.15) is 5.56 Å². The first-order valence-corrected chi connectivity index (χ1v) is 6.38. The monoisotopic (exact) mass is 291 g/mol. The van der Waals surface area contributed by atoms with Gasteiger partial charge in [-0.05, 0) is 24.3 Å². The van der Waals surface area contributed by atoms with Gasteiger partial charge in [0.25, 0.3) is 5.56 Å². The minimum absolute atomic E-state index is 0.0470. The van der Waals surface area contributed by atoms with E-state index in [1.807, 2.05) is 0 Å². The molecule has 20 heavy (non-hydrogen) atoms. The van der Waals surface area contributed by atoms with Gasteiger partial charge in [0, 0.05) is 17.8 Å². The van der Waals surface area contributed by atoms with Gasteiger partial charge in [-0.2, -0.15) is 0 Å². The van der Waals surface area contributed by atoms with Crippen LogP contribution in [0.15, 0.2) is 47.4 Å². The summed E-state index contributed by atoms with van der Waals surface area (Å²) >= 11 is 6.04. The van der Waals surface area contributed by atoms with E-state index in [9.17, 15) is 4.79 Å². The number of hydrogen-bond donors (Lipinski definition) is 2. The van der Waals surface area contributed by atoms with E-state index in [4.69, 9.17) is 27.5 Å². The lowest BCUT2D eigenvalue weighted by atomic mass is 10.2. The zero-order chi connectivity index (χ0) is 14.5. The van der Waals surface area contributed by atoms with Crippen LogP contribution >= 0.6 is 11.6 Å². The standard InChI is InChI=1S/C14H14ClN3O2/c15-11-9-10(14(16)17)4-5-12(11)20-8-7-18-6-2-1-3-13(18)19/h1-6,9H,7-8H2,(H3,16,17). The van der Waals surface area contributed by atoms with Gasteiger partial charge in [-0.3, -0.25) is 10.2 Å². The fourth-order valence-corrected chi connectivity index (χ4v) is 1.92. The van der Waals surface area contributed by atoms with Crippen LogP contribution in [0.25, 0.3) is 0 Å². The third-order valence-corrected chi connectivity index (χ3v) is 3.03. The summed E-state index contributed by atoms with van der Waals surface area (Å²) in [5.74, 6) is 0.454. The summed E-state index contributed by atoms with van der Waals surface area (Å²) in [6.45, 7) is 0.757. The minimum atomic E-state index is -0.0749. The Bertz CT molecular complexity index is 682. The van der Waals surface area contributed by atoms with Gasteiger partial charge in [0.15, 0.2) is 0 Å². The van der Waals surface area contributed by atoms with Gasteiger partial charge in [-0.15, -0.1) is 0 Å². The summed E-state index contributed by atoms with van der Waals surface area (Å²) < 4.78 is 7.08. The normalized spacial score (nSPS) is 10.2. The van der Waals surface area contributed by atoms with Crippen molar-refractivity contribution in [1.29, 1.82) is 5.41 Å². The number of aromatic nitrogens is 1. The lowest BCUT2D eigenvalue weighted by molar-refractivity contribution is 0.296. The average molecular weight is 292 g/mol. The number of halogens is 1. The van der Waals surface area contributed by atoms with Crippen LogP contribution in [0.4, 0.5) is 0 Å². The molecule has 0 saturated carbocycles. The molecule has 104 valence electrons. The number of hydrogen-bond acceptors (Lipinski definition) is 3. The lowest BCUT2D eigenvalue weighted by Crippen LogP contribution is -2.21. The summed E-state index contributed by atoms with van der Waals surface area (Å²) in [6.07, 6.45) is 1.70. The fourth-order valence-electron chi connectivity index (χ4n) is 1.68. The molecule has 2 rings (SSSR count). The quantitative estimate of drug-likeness (QED) is 0.652. The van der Waals surface area contributed by atoms with Crippen molar-refractivity contribution in [3.63, 3.8) is 0 Å². The highest BCUT2D eigenvalue weighted by Crippen LogP contribution is 2.25. The molecule has 0 saturated heterocycles. The number of ether oxygens (including phenoxy) is 1. The van der Waals surface area contributed by atoms with E-state index >= 15 is 0 Å². The highest BCUT2D eigenvalue weighted by Gasteiger charge is 2.05. The lowest BCUT2D eigenvalue weighted by Gasteiger charge is -2.10. The van der Waals surface area contributed by atoms with Crippen LogP contribution in [0.2, 0.25) is 5.02 Å². The SMILES string of the molecule is N=C(N)c1ccc(OCCn2ccccc2=O)c(Cl)c1. The van der Waals surface area contributed by atoms with Crippen molar-refractivity contribution in [3.05, 3.63) is 63.5 Å². The van der Waals surface area contributed by atoms with Crippen molar-refractivity contribution in [3.8, 4) is 5.75 Å². The minimum Gasteiger partial charge on any atom is -0.490 e. The van der Waals surface area contributed by atoms with Gasteiger partial charge in [-0.25, -0.2) is 0 Å². The molecule has 1 aromatic carbocycles. The van der Waals surface area contributed by atoms with Gasteiger partial charge in [0.05, 0.1) is 11.6 Å². The second-order valence-corrected chi connectivity index (χ2v) is 4.55. The Kier molecular flexibility index (Phi) is 4.42. The number of amidine groups is 1. The molecule has 1 heterocycles. The molecule has 0 bridgehead atoms. The summed E-state index contributed by atoms with van der Waals surface area (Å²) in [5, 5.41) is 7.70. The third-order valence-electron chi connectivity index (χ3n) is 2.73. The van der Waals surface area contributed by atoms with Crippen molar-refractivity contribution in [1.82, 2.24) is 4.57 Å². The number of nitrogen functional groups attached to an aromatic ring is 1. The fraction of sp³-hybridized carbons (Fsp3) is 0.143. The molecule has 0 aliphatic carbocycles. The van der Waals surface area contributed by atoms with Crippen molar-refractivity contribution >= 4 is 17.4 Å². The van der Waals surface area contributed by atoms with Crippen molar-refractivity contribution < 1.29 is 4.74 Å². The van der Waals surface area contributed by atoms with Gasteiger partial charge in [0.2, 0.25) is 0 Å². The predicted molar refractivity (Wildman–Crippen MR) is 78.7 cm³/mol. The van der Waals surface area contributed by atoms with E-state index in [0.717, 1.165) is 0 Å². The molecular formula is C14H14ClN3O2. The van der Waals surface area contributed by atoms with E-state index < -0.39 is 0 Å². The topological polar surface area (TPSA) is 81.1 Å².